The summed E-state index contributed by atoms with van der Waals surface area (Å²) in [5.74, 6) is 1.26. The summed E-state index contributed by atoms with van der Waals surface area (Å²) in [6, 6.07) is 3.57. The van der Waals surface area contributed by atoms with E-state index in [0.717, 1.165) is 9.24 Å². The number of nitrogen functional groups attached to an aromatic ring is 1. The minimum absolute atomic E-state index is 0.617. The lowest BCUT2D eigenvalue weighted by atomic mass is 10.3. The highest BCUT2D eigenvalue weighted by Gasteiger charge is 2.11. The normalized spacial score (nSPS) is 10.2. The molecule has 5 nitrogen and oxygen atoms in total. The van der Waals surface area contributed by atoms with Gasteiger partial charge in [0.1, 0.15) is 5.51 Å². The van der Waals surface area contributed by atoms with Crippen molar-refractivity contribution in [3.8, 4) is 11.5 Å². The minimum Gasteiger partial charge on any atom is -0.493 e. The van der Waals surface area contributed by atoms with E-state index in [0.29, 0.717) is 17.2 Å². The van der Waals surface area contributed by atoms with Gasteiger partial charge in [0, 0.05) is 22.7 Å². The lowest BCUT2D eigenvalue weighted by molar-refractivity contribution is 0.354. The Morgan fingerprint density at radius 2 is 1.94 bits per heavy atom. The molecule has 0 bridgehead atoms. The van der Waals surface area contributed by atoms with Gasteiger partial charge in [0.05, 0.1) is 14.2 Å². The molecule has 0 aliphatic heterocycles. The number of ether oxygens (including phenoxy) is 2. The van der Waals surface area contributed by atoms with Crippen LogP contribution in [0.15, 0.2) is 26.9 Å². The first-order valence-electron chi connectivity index (χ1n) is 4.70. The van der Waals surface area contributed by atoms with Gasteiger partial charge in [-0.2, -0.15) is 0 Å². The predicted molar refractivity (Wildman–Crippen MR) is 68.0 cm³/mol. The molecule has 2 rings (SSSR count). The van der Waals surface area contributed by atoms with Crippen LogP contribution in [0.4, 0.5) is 5.69 Å². The van der Waals surface area contributed by atoms with Gasteiger partial charge in [-0.05, 0) is 0 Å². The fourth-order valence-corrected chi connectivity index (χ4v) is 2.75. The van der Waals surface area contributed by atoms with Crippen LogP contribution in [-0.2, 0) is 0 Å². The number of nitrogens with zero attached hydrogens (tertiary/aromatic N) is 2. The van der Waals surface area contributed by atoms with E-state index in [4.69, 9.17) is 15.2 Å². The van der Waals surface area contributed by atoms with Crippen molar-refractivity contribution in [2.45, 2.75) is 9.24 Å². The van der Waals surface area contributed by atoms with Crippen LogP contribution in [0.5, 0.6) is 11.5 Å². The summed E-state index contributed by atoms with van der Waals surface area (Å²) >= 11 is 2.92. The molecule has 0 amide bonds. The van der Waals surface area contributed by atoms with E-state index in [2.05, 4.69) is 10.2 Å². The van der Waals surface area contributed by atoms with E-state index in [1.807, 2.05) is 6.07 Å². The first kappa shape index (κ1) is 12.0. The molecule has 1 aromatic heterocycles. The topological polar surface area (TPSA) is 70.3 Å². The summed E-state index contributed by atoms with van der Waals surface area (Å²) in [6.45, 7) is 0. The highest BCUT2D eigenvalue weighted by molar-refractivity contribution is 8.01. The maximum absolute atomic E-state index is 5.94. The van der Waals surface area contributed by atoms with Crippen LogP contribution in [0, 0.1) is 0 Å². The van der Waals surface area contributed by atoms with E-state index >= 15 is 0 Å². The molecule has 2 aromatic rings. The third-order valence-corrected chi connectivity index (χ3v) is 3.90. The largest absolute Gasteiger partial charge is 0.493 e. The van der Waals surface area contributed by atoms with Crippen LogP contribution in [0.1, 0.15) is 0 Å². The van der Waals surface area contributed by atoms with E-state index in [-0.39, 0.29) is 0 Å². The van der Waals surface area contributed by atoms with Gasteiger partial charge in [0.25, 0.3) is 0 Å². The van der Waals surface area contributed by atoms with Gasteiger partial charge in [-0.3, -0.25) is 0 Å². The van der Waals surface area contributed by atoms with Gasteiger partial charge in [-0.25, -0.2) is 0 Å². The Labute approximate surface area is 107 Å². The quantitative estimate of drug-likeness (QED) is 0.859. The molecule has 0 unspecified atom stereocenters. The molecule has 7 heteroatoms. The van der Waals surface area contributed by atoms with Crippen molar-refractivity contribution in [2.24, 2.45) is 0 Å². The molecule has 1 aromatic carbocycles. The Hall–Kier alpha value is -1.47. The summed E-state index contributed by atoms with van der Waals surface area (Å²) in [7, 11) is 3.17. The second kappa shape index (κ2) is 5.24. The first-order valence-corrected chi connectivity index (χ1v) is 6.39. The van der Waals surface area contributed by atoms with Crippen LogP contribution in [0.25, 0.3) is 0 Å². The predicted octanol–water partition coefficient (Wildman–Crippen LogP) is 2.29. The Morgan fingerprint density at radius 1 is 1.24 bits per heavy atom. The van der Waals surface area contributed by atoms with Crippen molar-refractivity contribution >= 4 is 28.8 Å². The molecule has 0 aliphatic rings. The van der Waals surface area contributed by atoms with Crippen LogP contribution in [0.2, 0.25) is 0 Å². The first-order chi connectivity index (χ1) is 8.24. The Balaban J connectivity index is 2.34. The van der Waals surface area contributed by atoms with E-state index in [1.54, 1.807) is 25.8 Å². The average Bonchev–Trinajstić information content (AvgIpc) is 2.84. The summed E-state index contributed by atoms with van der Waals surface area (Å²) < 4.78 is 11.2. The third kappa shape index (κ3) is 2.62. The standard InChI is InChI=1S/C10H11N3O2S2/c1-14-7-3-6(11)9(4-8(7)15-2)17-10-13-12-5-16-10/h3-5H,11H2,1-2H3. The molecule has 2 N–H and O–H groups in total. The van der Waals surface area contributed by atoms with Crippen molar-refractivity contribution in [2.75, 3.05) is 20.0 Å². The van der Waals surface area contributed by atoms with E-state index in [1.165, 1.54) is 23.1 Å². The van der Waals surface area contributed by atoms with Gasteiger partial charge < -0.3 is 15.2 Å². The monoisotopic (exact) mass is 269 g/mol. The second-order valence-corrected chi connectivity index (χ2v) is 5.17. The zero-order valence-corrected chi connectivity index (χ0v) is 11.0. The Morgan fingerprint density at radius 3 is 2.53 bits per heavy atom. The number of benzene rings is 1. The fraction of sp³-hybridized carbons (Fsp3) is 0.200. The Kier molecular flexibility index (Phi) is 3.70. The van der Waals surface area contributed by atoms with Gasteiger partial charge in [-0.1, -0.05) is 23.1 Å². The molecule has 0 saturated carbocycles. The molecule has 0 fully saturated rings. The zero-order valence-electron chi connectivity index (χ0n) is 9.34. The Bertz CT molecular complexity index is 503. The number of anilines is 1. The minimum atomic E-state index is 0.617. The molecular weight excluding hydrogens is 258 g/mol. The van der Waals surface area contributed by atoms with Gasteiger partial charge in [0.15, 0.2) is 15.8 Å². The van der Waals surface area contributed by atoms with Crippen LogP contribution in [-0.4, -0.2) is 24.4 Å². The van der Waals surface area contributed by atoms with Crippen molar-refractivity contribution < 1.29 is 9.47 Å². The summed E-state index contributed by atoms with van der Waals surface area (Å²) in [5.41, 5.74) is 8.24. The zero-order chi connectivity index (χ0) is 12.3. The molecular formula is C10H11N3O2S2. The molecule has 0 spiro atoms. The van der Waals surface area contributed by atoms with Crippen molar-refractivity contribution in [3.63, 3.8) is 0 Å². The summed E-state index contributed by atoms with van der Waals surface area (Å²) in [4.78, 5) is 0.874. The summed E-state index contributed by atoms with van der Waals surface area (Å²) in [5, 5.41) is 7.73. The second-order valence-electron chi connectivity index (χ2n) is 3.05. The molecule has 1 heterocycles. The number of rotatable bonds is 4. The van der Waals surface area contributed by atoms with Gasteiger partial charge >= 0.3 is 0 Å². The lowest BCUT2D eigenvalue weighted by Gasteiger charge is -2.11. The maximum Gasteiger partial charge on any atom is 0.178 e. The number of methoxy groups -OCH3 is 2. The highest BCUT2D eigenvalue weighted by Crippen LogP contribution is 2.39. The smallest absolute Gasteiger partial charge is 0.178 e. The van der Waals surface area contributed by atoms with Crippen LogP contribution < -0.4 is 15.2 Å². The fourth-order valence-electron chi connectivity index (χ4n) is 1.27. The van der Waals surface area contributed by atoms with Gasteiger partial charge in [-0.15, -0.1) is 10.2 Å². The number of nitrogens with two attached hydrogens (primary N) is 1. The van der Waals surface area contributed by atoms with Crippen LogP contribution in [0.3, 0.4) is 0 Å². The molecule has 0 aliphatic carbocycles. The molecule has 90 valence electrons. The van der Waals surface area contributed by atoms with Crippen LogP contribution >= 0.6 is 23.1 Å². The van der Waals surface area contributed by atoms with E-state index in [9.17, 15) is 0 Å². The molecule has 0 atom stereocenters. The van der Waals surface area contributed by atoms with Gasteiger partial charge in [0.2, 0.25) is 0 Å². The molecule has 17 heavy (non-hydrogen) atoms. The molecule has 0 saturated heterocycles. The summed E-state index contributed by atoms with van der Waals surface area (Å²) in [6.07, 6.45) is 0. The van der Waals surface area contributed by atoms with Crippen molar-refractivity contribution in [3.05, 3.63) is 17.6 Å². The number of hydrogen-bond acceptors (Lipinski definition) is 7. The van der Waals surface area contributed by atoms with Crippen molar-refractivity contribution in [1.82, 2.24) is 10.2 Å². The SMILES string of the molecule is COc1cc(N)c(Sc2nncs2)cc1OC. The highest BCUT2D eigenvalue weighted by atomic mass is 32.2. The third-order valence-electron chi connectivity index (χ3n) is 2.05. The van der Waals surface area contributed by atoms with E-state index < -0.39 is 0 Å². The lowest BCUT2D eigenvalue weighted by Crippen LogP contribution is -1.95. The number of hydrogen-bond donors (Lipinski definition) is 1. The molecule has 0 radical (unpaired) electrons. The maximum atomic E-state index is 5.94. The average molecular weight is 269 g/mol. The van der Waals surface area contributed by atoms with Crippen molar-refractivity contribution in [1.29, 1.82) is 0 Å². The number of aromatic nitrogens is 2.